The van der Waals surface area contributed by atoms with E-state index in [9.17, 15) is 4.79 Å². The second kappa shape index (κ2) is 3.56. The van der Waals surface area contributed by atoms with E-state index in [0.717, 1.165) is 5.02 Å². The number of aliphatic hydroxyl groups excluding tert-OH is 1. The van der Waals surface area contributed by atoms with E-state index in [0.29, 0.717) is 0 Å². The van der Waals surface area contributed by atoms with Crippen molar-refractivity contribution in [3.05, 3.63) is 45.8 Å². The number of aliphatic hydroxyl groups is 1. The van der Waals surface area contributed by atoms with Crippen molar-refractivity contribution in [2.75, 3.05) is 0 Å². The van der Waals surface area contributed by atoms with Gasteiger partial charge in [-0.25, -0.2) is 0 Å². The van der Waals surface area contributed by atoms with Crippen molar-refractivity contribution >= 4 is 17.4 Å². The maximum atomic E-state index is 10.2. The Kier molecular flexibility index (Phi) is 2.40. The van der Waals surface area contributed by atoms with Crippen molar-refractivity contribution in [1.29, 1.82) is 0 Å². The number of rotatable bonds is 0. The lowest BCUT2D eigenvalue weighted by molar-refractivity contribution is -0.114. The van der Waals surface area contributed by atoms with Gasteiger partial charge in [-0.2, -0.15) is 0 Å². The van der Waals surface area contributed by atoms with Crippen molar-refractivity contribution in [2.45, 2.75) is 12.5 Å². The Morgan fingerprint density at radius 2 is 2.21 bits per heavy atom. The SMILES string of the molecule is Clc1cc2ccc1=2.O=C1C=CC(O)C1. The third kappa shape index (κ3) is 1.72. The van der Waals surface area contributed by atoms with E-state index in [1.165, 1.54) is 22.6 Å². The van der Waals surface area contributed by atoms with Gasteiger partial charge in [0, 0.05) is 16.7 Å². The van der Waals surface area contributed by atoms with Gasteiger partial charge in [0.15, 0.2) is 5.78 Å². The summed E-state index contributed by atoms with van der Waals surface area (Å²) in [7, 11) is 0. The maximum Gasteiger partial charge on any atom is 0.158 e. The average Bonchev–Trinajstić information content (AvgIpc) is 2.46. The first-order valence-corrected chi connectivity index (χ1v) is 4.73. The zero-order valence-corrected chi connectivity index (χ0v) is 8.16. The molecule has 1 atom stereocenters. The molecule has 3 heteroatoms. The van der Waals surface area contributed by atoms with Crippen LogP contribution in [-0.2, 0) is 4.79 Å². The highest BCUT2D eigenvalue weighted by Gasteiger charge is 2.10. The number of ketones is 1. The largest absolute Gasteiger partial charge is 0.389 e. The van der Waals surface area contributed by atoms with Crippen molar-refractivity contribution in [2.24, 2.45) is 0 Å². The Hall–Kier alpha value is -1.12. The first-order chi connectivity index (χ1) is 6.66. The third-order valence-corrected chi connectivity index (χ3v) is 2.51. The molecule has 1 N–H and O–H groups in total. The summed E-state index contributed by atoms with van der Waals surface area (Å²) in [5.41, 5.74) is 0. The minimum Gasteiger partial charge on any atom is -0.389 e. The average molecular weight is 209 g/mol. The number of carbonyl (C=O) groups excluding carboxylic acids is 1. The van der Waals surface area contributed by atoms with E-state index >= 15 is 0 Å². The summed E-state index contributed by atoms with van der Waals surface area (Å²) in [6, 6.07) is 6.05. The first-order valence-electron chi connectivity index (χ1n) is 4.36. The fourth-order valence-corrected chi connectivity index (χ4v) is 1.59. The molecule has 1 unspecified atom stereocenters. The number of benzene rings is 1. The van der Waals surface area contributed by atoms with Crippen LogP contribution < -0.4 is 0 Å². The van der Waals surface area contributed by atoms with Crippen LogP contribution in [-0.4, -0.2) is 17.0 Å². The van der Waals surface area contributed by atoms with Crippen LogP contribution in [0.15, 0.2) is 30.4 Å². The summed E-state index contributed by atoms with van der Waals surface area (Å²) in [6.07, 6.45) is 2.68. The highest BCUT2D eigenvalue weighted by molar-refractivity contribution is 6.31. The minimum absolute atomic E-state index is 0.0208. The zero-order valence-electron chi connectivity index (χ0n) is 7.40. The molecule has 0 aromatic heterocycles. The van der Waals surface area contributed by atoms with E-state index in [2.05, 4.69) is 6.07 Å². The van der Waals surface area contributed by atoms with Crippen LogP contribution in [0, 0.1) is 10.4 Å². The van der Waals surface area contributed by atoms with Crippen LogP contribution in [0.2, 0.25) is 5.02 Å². The summed E-state index contributed by atoms with van der Waals surface area (Å²) in [6.45, 7) is 0. The molecule has 0 saturated carbocycles. The molecule has 3 rings (SSSR count). The molecule has 0 aromatic rings. The second-order valence-corrected chi connectivity index (χ2v) is 3.70. The van der Waals surface area contributed by atoms with Crippen LogP contribution in [0.4, 0.5) is 0 Å². The van der Waals surface area contributed by atoms with Gasteiger partial charge in [-0.1, -0.05) is 29.8 Å². The molecule has 14 heavy (non-hydrogen) atoms. The highest BCUT2D eigenvalue weighted by atomic mass is 35.5. The molecule has 0 spiro atoms. The quantitative estimate of drug-likeness (QED) is 0.717. The van der Waals surface area contributed by atoms with Crippen molar-refractivity contribution in [3.8, 4) is 0 Å². The topological polar surface area (TPSA) is 37.3 Å². The van der Waals surface area contributed by atoms with E-state index in [4.69, 9.17) is 16.7 Å². The Morgan fingerprint density at radius 1 is 1.43 bits per heavy atom. The van der Waals surface area contributed by atoms with Gasteiger partial charge in [0.1, 0.15) is 0 Å². The molecule has 0 saturated heterocycles. The van der Waals surface area contributed by atoms with Crippen LogP contribution in [0.3, 0.4) is 0 Å². The van der Waals surface area contributed by atoms with Gasteiger partial charge in [0.05, 0.1) is 6.10 Å². The Labute approximate surface area is 86.1 Å². The van der Waals surface area contributed by atoms with Crippen molar-refractivity contribution < 1.29 is 9.90 Å². The van der Waals surface area contributed by atoms with Crippen molar-refractivity contribution in [1.82, 2.24) is 0 Å². The smallest absolute Gasteiger partial charge is 0.158 e. The van der Waals surface area contributed by atoms with E-state index in [-0.39, 0.29) is 12.2 Å². The Morgan fingerprint density at radius 3 is 2.29 bits per heavy atom. The Bertz CT molecular complexity index is 490. The molecule has 0 amide bonds. The maximum absolute atomic E-state index is 10.2. The second-order valence-electron chi connectivity index (χ2n) is 3.29. The lowest BCUT2D eigenvalue weighted by Gasteiger charge is -2.01. The number of carbonyl (C=O) groups is 1. The molecule has 0 fully saturated rings. The van der Waals surface area contributed by atoms with Crippen LogP contribution >= 0.6 is 11.6 Å². The monoisotopic (exact) mass is 208 g/mol. The lowest BCUT2D eigenvalue weighted by atomic mass is 10.1. The minimum atomic E-state index is -0.507. The fourth-order valence-electron chi connectivity index (χ4n) is 1.30. The summed E-state index contributed by atoms with van der Waals surface area (Å²) in [5, 5.41) is 12.1. The molecule has 0 heterocycles. The van der Waals surface area contributed by atoms with Crippen LogP contribution in [0.5, 0.6) is 0 Å². The van der Waals surface area contributed by atoms with Gasteiger partial charge in [-0.15, -0.1) is 0 Å². The van der Waals surface area contributed by atoms with E-state index in [1.54, 1.807) is 0 Å². The number of halogens is 1. The van der Waals surface area contributed by atoms with Gasteiger partial charge in [-0.3, -0.25) is 4.79 Å². The van der Waals surface area contributed by atoms with Gasteiger partial charge < -0.3 is 5.11 Å². The van der Waals surface area contributed by atoms with Crippen LogP contribution in [0.25, 0.3) is 0 Å². The van der Waals surface area contributed by atoms with Crippen LogP contribution in [0.1, 0.15) is 6.42 Å². The number of hydrogen-bond donors (Lipinski definition) is 1. The van der Waals surface area contributed by atoms with E-state index in [1.807, 2.05) is 12.1 Å². The standard InChI is InChI=1S/C6H3Cl.C5H6O2/c7-6-3-4-1-2-5(4)6;6-4-1-2-5(7)3-4/h1-3H;1-2,4,6H,3H2. The first kappa shape index (κ1) is 9.44. The van der Waals surface area contributed by atoms with Gasteiger partial charge in [0.25, 0.3) is 0 Å². The normalized spacial score (nSPS) is 20.4. The molecular weight excluding hydrogens is 200 g/mol. The fraction of sp³-hybridized carbons (Fsp3) is 0.182. The van der Waals surface area contributed by atoms with E-state index < -0.39 is 6.10 Å². The van der Waals surface area contributed by atoms with Gasteiger partial charge >= 0.3 is 0 Å². The summed E-state index contributed by atoms with van der Waals surface area (Å²) >= 11 is 5.60. The summed E-state index contributed by atoms with van der Waals surface area (Å²) in [5.74, 6) is 0.0208. The number of allylic oxidation sites excluding steroid dienone is 1. The summed E-state index contributed by atoms with van der Waals surface area (Å²) in [4.78, 5) is 10.2. The molecule has 0 radical (unpaired) electrons. The third-order valence-electron chi connectivity index (χ3n) is 2.19. The molecule has 3 aliphatic carbocycles. The molecule has 2 nitrogen and oxygen atoms in total. The van der Waals surface area contributed by atoms with Gasteiger partial charge in [0.2, 0.25) is 0 Å². The molecule has 72 valence electrons. The predicted octanol–water partition coefficient (Wildman–Crippen LogP) is 1.82. The Balaban J connectivity index is 0.000000107. The molecule has 0 aliphatic heterocycles. The molecule has 0 aromatic carbocycles. The zero-order chi connectivity index (χ0) is 10.1. The molecule has 0 bridgehead atoms. The highest BCUT2D eigenvalue weighted by Crippen LogP contribution is 2.20. The van der Waals surface area contributed by atoms with Gasteiger partial charge in [-0.05, 0) is 17.4 Å². The summed E-state index contributed by atoms with van der Waals surface area (Å²) < 4.78 is 0. The molecular formula is C11H9ClO2. The predicted molar refractivity (Wildman–Crippen MR) is 53.9 cm³/mol. The number of hydrogen-bond acceptors (Lipinski definition) is 2. The lowest BCUT2D eigenvalue weighted by Crippen LogP contribution is -1.99. The molecule has 3 aliphatic rings. The van der Waals surface area contributed by atoms with Crippen molar-refractivity contribution in [3.63, 3.8) is 0 Å².